The molecule has 1 aliphatic rings. The minimum atomic E-state index is -3.57. The SMILES string of the molecule is CCNC(=O)[C@H]1CCCN(S(=O)(=O)c2ccc(OC)cc2)C1. The Hall–Kier alpha value is -1.60. The third-order valence-corrected chi connectivity index (χ3v) is 5.68. The van der Waals surface area contributed by atoms with E-state index in [0.717, 1.165) is 6.42 Å². The minimum Gasteiger partial charge on any atom is -0.497 e. The number of piperidine rings is 1. The number of rotatable bonds is 5. The molecule has 7 heteroatoms. The van der Waals surface area contributed by atoms with E-state index < -0.39 is 10.0 Å². The monoisotopic (exact) mass is 326 g/mol. The van der Waals surface area contributed by atoms with Crippen LogP contribution in [-0.4, -0.2) is 45.4 Å². The fourth-order valence-corrected chi connectivity index (χ4v) is 4.11. The Morgan fingerprint density at radius 1 is 1.36 bits per heavy atom. The van der Waals surface area contributed by atoms with Gasteiger partial charge in [0.15, 0.2) is 0 Å². The summed E-state index contributed by atoms with van der Waals surface area (Å²) in [6, 6.07) is 6.31. The molecule has 122 valence electrons. The van der Waals surface area contributed by atoms with Crippen LogP contribution in [-0.2, 0) is 14.8 Å². The predicted octanol–water partition coefficient (Wildman–Crippen LogP) is 1.23. The zero-order valence-corrected chi connectivity index (χ0v) is 13.7. The molecule has 1 heterocycles. The summed E-state index contributed by atoms with van der Waals surface area (Å²) in [6.07, 6.45) is 1.41. The first-order chi connectivity index (χ1) is 10.5. The maximum atomic E-state index is 12.7. The van der Waals surface area contributed by atoms with Crippen molar-refractivity contribution in [1.29, 1.82) is 0 Å². The summed E-state index contributed by atoms with van der Waals surface area (Å²) in [4.78, 5) is 12.2. The summed E-state index contributed by atoms with van der Waals surface area (Å²) in [5.41, 5.74) is 0. The summed E-state index contributed by atoms with van der Waals surface area (Å²) < 4.78 is 31.8. The van der Waals surface area contributed by atoms with Crippen LogP contribution in [0.3, 0.4) is 0 Å². The molecule has 1 amide bonds. The minimum absolute atomic E-state index is 0.0721. The van der Waals surface area contributed by atoms with Crippen LogP contribution < -0.4 is 10.1 Å². The maximum Gasteiger partial charge on any atom is 0.243 e. The van der Waals surface area contributed by atoms with E-state index in [-0.39, 0.29) is 23.3 Å². The number of hydrogen-bond acceptors (Lipinski definition) is 4. The molecule has 0 radical (unpaired) electrons. The highest BCUT2D eigenvalue weighted by atomic mass is 32.2. The highest BCUT2D eigenvalue weighted by Gasteiger charge is 2.33. The number of sulfonamides is 1. The average molecular weight is 326 g/mol. The number of carbonyl (C=O) groups is 1. The quantitative estimate of drug-likeness (QED) is 0.883. The summed E-state index contributed by atoms with van der Waals surface area (Å²) >= 11 is 0. The first-order valence-corrected chi connectivity index (χ1v) is 8.85. The summed E-state index contributed by atoms with van der Waals surface area (Å²) in [6.45, 7) is 3.09. The Balaban J connectivity index is 2.15. The van der Waals surface area contributed by atoms with E-state index in [4.69, 9.17) is 4.74 Å². The van der Waals surface area contributed by atoms with Crippen LogP contribution in [0.2, 0.25) is 0 Å². The fraction of sp³-hybridized carbons (Fsp3) is 0.533. The van der Waals surface area contributed by atoms with Crippen molar-refractivity contribution in [3.8, 4) is 5.75 Å². The van der Waals surface area contributed by atoms with Crippen LogP contribution >= 0.6 is 0 Å². The van der Waals surface area contributed by atoms with Crippen LogP contribution in [0.5, 0.6) is 5.75 Å². The second-order valence-electron chi connectivity index (χ2n) is 5.27. The van der Waals surface area contributed by atoms with Crippen molar-refractivity contribution in [2.75, 3.05) is 26.7 Å². The third kappa shape index (κ3) is 3.59. The van der Waals surface area contributed by atoms with Gasteiger partial charge in [-0.2, -0.15) is 4.31 Å². The predicted molar refractivity (Wildman–Crippen MR) is 83.2 cm³/mol. The van der Waals surface area contributed by atoms with E-state index in [9.17, 15) is 13.2 Å². The molecule has 1 aliphatic heterocycles. The van der Waals surface area contributed by atoms with Crippen LogP contribution in [0.4, 0.5) is 0 Å². The second-order valence-corrected chi connectivity index (χ2v) is 7.21. The number of benzene rings is 1. The van der Waals surface area contributed by atoms with Gasteiger partial charge in [0.25, 0.3) is 0 Å². The molecule has 0 aromatic heterocycles. The van der Waals surface area contributed by atoms with E-state index in [1.807, 2.05) is 6.92 Å². The smallest absolute Gasteiger partial charge is 0.243 e. The Kier molecular flexibility index (Phi) is 5.42. The molecule has 22 heavy (non-hydrogen) atoms. The topological polar surface area (TPSA) is 75.7 Å². The maximum absolute atomic E-state index is 12.7. The number of carbonyl (C=O) groups excluding carboxylic acids is 1. The zero-order chi connectivity index (χ0) is 16.2. The van der Waals surface area contributed by atoms with E-state index in [2.05, 4.69) is 5.32 Å². The lowest BCUT2D eigenvalue weighted by Gasteiger charge is -2.31. The largest absolute Gasteiger partial charge is 0.497 e. The first-order valence-electron chi connectivity index (χ1n) is 7.41. The molecule has 1 saturated heterocycles. The number of amides is 1. The molecule has 1 aromatic rings. The van der Waals surface area contributed by atoms with Gasteiger partial charge in [-0.3, -0.25) is 4.79 Å². The zero-order valence-electron chi connectivity index (χ0n) is 12.9. The van der Waals surface area contributed by atoms with Gasteiger partial charge in [-0.1, -0.05) is 0 Å². The molecule has 1 N–H and O–H groups in total. The van der Waals surface area contributed by atoms with Gasteiger partial charge in [0, 0.05) is 19.6 Å². The molecule has 6 nitrogen and oxygen atoms in total. The van der Waals surface area contributed by atoms with Crippen molar-refractivity contribution in [2.24, 2.45) is 5.92 Å². The highest BCUT2D eigenvalue weighted by Crippen LogP contribution is 2.25. The van der Waals surface area contributed by atoms with Crippen molar-refractivity contribution >= 4 is 15.9 Å². The number of hydrogen-bond donors (Lipinski definition) is 1. The molecule has 1 fully saturated rings. The molecule has 0 saturated carbocycles. The van der Waals surface area contributed by atoms with Gasteiger partial charge in [-0.25, -0.2) is 8.42 Å². The Morgan fingerprint density at radius 3 is 2.64 bits per heavy atom. The van der Waals surface area contributed by atoms with Gasteiger partial charge < -0.3 is 10.1 Å². The van der Waals surface area contributed by atoms with Crippen LogP contribution in [0.25, 0.3) is 0 Å². The molecule has 0 spiro atoms. The standard InChI is InChI=1S/C15H22N2O4S/c1-3-16-15(18)12-5-4-10-17(11-12)22(19,20)14-8-6-13(21-2)7-9-14/h6-9,12H,3-5,10-11H2,1-2H3,(H,16,18)/t12-/m0/s1. The van der Waals surface area contributed by atoms with Crippen molar-refractivity contribution < 1.29 is 17.9 Å². The second kappa shape index (κ2) is 7.11. The van der Waals surface area contributed by atoms with Gasteiger partial charge in [-0.05, 0) is 44.0 Å². The van der Waals surface area contributed by atoms with Gasteiger partial charge in [0.1, 0.15) is 5.75 Å². The molecular weight excluding hydrogens is 304 g/mol. The van der Waals surface area contributed by atoms with Gasteiger partial charge in [0.2, 0.25) is 15.9 Å². The summed E-state index contributed by atoms with van der Waals surface area (Å²) in [7, 11) is -2.04. The van der Waals surface area contributed by atoms with Gasteiger partial charge >= 0.3 is 0 Å². The third-order valence-electron chi connectivity index (χ3n) is 3.80. The number of methoxy groups -OCH3 is 1. The number of nitrogens with zero attached hydrogens (tertiary/aromatic N) is 1. The Bertz CT molecular complexity index is 613. The van der Waals surface area contributed by atoms with Crippen molar-refractivity contribution in [2.45, 2.75) is 24.7 Å². The van der Waals surface area contributed by atoms with E-state index in [1.165, 1.54) is 23.5 Å². The first kappa shape index (κ1) is 16.8. The fourth-order valence-electron chi connectivity index (χ4n) is 2.59. The average Bonchev–Trinajstić information content (AvgIpc) is 2.55. The number of nitrogens with one attached hydrogen (secondary N) is 1. The molecule has 0 aliphatic carbocycles. The van der Waals surface area contributed by atoms with Gasteiger partial charge in [0.05, 0.1) is 17.9 Å². The van der Waals surface area contributed by atoms with Gasteiger partial charge in [-0.15, -0.1) is 0 Å². The molecule has 0 unspecified atom stereocenters. The molecule has 2 rings (SSSR count). The lowest BCUT2D eigenvalue weighted by molar-refractivity contribution is -0.125. The Labute approximate surface area is 131 Å². The van der Waals surface area contributed by atoms with E-state index >= 15 is 0 Å². The molecule has 0 bridgehead atoms. The summed E-state index contributed by atoms with van der Waals surface area (Å²) in [5, 5.41) is 2.77. The lowest BCUT2D eigenvalue weighted by atomic mass is 9.99. The van der Waals surface area contributed by atoms with E-state index in [1.54, 1.807) is 12.1 Å². The van der Waals surface area contributed by atoms with Crippen LogP contribution in [0.1, 0.15) is 19.8 Å². The van der Waals surface area contributed by atoms with Crippen molar-refractivity contribution in [3.63, 3.8) is 0 Å². The lowest BCUT2D eigenvalue weighted by Crippen LogP contribution is -2.45. The normalized spacial score (nSPS) is 19.6. The van der Waals surface area contributed by atoms with Crippen LogP contribution in [0.15, 0.2) is 29.2 Å². The molecule has 1 aromatic carbocycles. The van der Waals surface area contributed by atoms with Crippen molar-refractivity contribution in [1.82, 2.24) is 9.62 Å². The van der Waals surface area contributed by atoms with Crippen LogP contribution in [0, 0.1) is 5.92 Å². The highest BCUT2D eigenvalue weighted by molar-refractivity contribution is 7.89. The molecule has 1 atom stereocenters. The van der Waals surface area contributed by atoms with Crippen molar-refractivity contribution in [3.05, 3.63) is 24.3 Å². The summed E-state index contributed by atoms with van der Waals surface area (Å²) in [5.74, 6) is 0.261. The Morgan fingerprint density at radius 2 is 2.05 bits per heavy atom. The number of ether oxygens (including phenoxy) is 1. The van der Waals surface area contributed by atoms with E-state index in [0.29, 0.717) is 25.3 Å². The molecular formula is C15H22N2O4S.